The van der Waals surface area contributed by atoms with Gasteiger partial charge in [-0.3, -0.25) is 9.48 Å². The van der Waals surface area contributed by atoms with Crippen LogP contribution in [0.4, 0.5) is 17.3 Å². The Morgan fingerprint density at radius 2 is 1.88 bits per heavy atom. The van der Waals surface area contributed by atoms with Gasteiger partial charge in [-0.15, -0.1) is 0 Å². The summed E-state index contributed by atoms with van der Waals surface area (Å²) >= 11 is 12.1. The average Bonchev–Trinajstić information content (AvgIpc) is 2.92. The maximum atomic E-state index is 12.4. The minimum atomic E-state index is -0.388. The first kappa shape index (κ1) is 16.3. The van der Waals surface area contributed by atoms with E-state index in [1.54, 1.807) is 41.2 Å². The molecule has 3 rings (SSSR count). The Balaban J connectivity index is 1.78. The number of benzene rings is 1. The van der Waals surface area contributed by atoms with Gasteiger partial charge in [-0.2, -0.15) is 5.10 Å². The molecule has 24 heavy (non-hydrogen) atoms. The Kier molecular flexibility index (Phi) is 4.69. The molecule has 0 atom stereocenters. The van der Waals surface area contributed by atoms with Crippen LogP contribution >= 0.6 is 23.2 Å². The summed E-state index contributed by atoms with van der Waals surface area (Å²) in [5.41, 5.74) is 0.793. The molecular weight excluding hydrogens is 349 g/mol. The number of hydrogen-bond acceptors (Lipinski definition) is 4. The normalized spacial score (nSPS) is 10.5. The summed E-state index contributed by atoms with van der Waals surface area (Å²) < 4.78 is 1.67. The molecule has 0 saturated carbocycles. The summed E-state index contributed by atoms with van der Waals surface area (Å²) in [6.07, 6.45) is 3.39. The molecule has 3 aromatic rings. The molecule has 0 saturated heterocycles. The van der Waals surface area contributed by atoms with Gasteiger partial charge in [0.1, 0.15) is 5.82 Å². The van der Waals surface area contributed by atoms with Gasteiger partial charge in [0.15, 0.2) is 5.82 Å². The van der Waals surface area contributed by atoms with Crippen molar-refractivity contribution in [2.45, 2.75) is 0 Å². The number of anilines is 3. The van der Waals surface area contributed by atoms with E-state index in [1.165, 1.54) is 0 Å². The van der Waals surface area contributed by atoms with E-state index < -0.39 is 0 Å². The van der Waals surface area contributed by atoms with Crippen molar-refractivity contribution in [3.05, 3.63) is 64.4 Å². The van der Waals surface area contributed by atoms with Crippen molar-refractivity contribution < 1.29 is 4.79 Å². The number of halogens is 2. The maximum absolute atomic E-state index is 12.4. The van der Waals surface area contributed by atoms with Crippen LogP contribution in [0.25, 0.3) is 0 Å². The summed E-state index contributed by atoms with van der Waals surface area (Å²) in [5.74, 6) is 0.819. The highest BCUT2D eigenvalue weighted by Gasteiger charge is 2.15. The van der Waals surface area contributed by atoms with Gasteiger partial charge in [0.25, 0.3) is 5.91 Å². The second-order valence-corrected chi connectivity index (χ2v) is 5.79. The number of carbonyl (C=O) groups excluding carboxylic acids is 1. The molecule has 0 aliphatic rings. The molecule has 0 unspecified atom stereocenters. The zero-order chi connectivity index (χ0) is 17.1. The molecule has 0 spiro atoms. The molecule has 0 aliphatic carbocycles. The van der Waals surface area contributed by atoms with Crippen LogP contribution in [0.2, 0.25) is 10.0 Å². The zero-order valence-corrected chi connectivity index (χ0v) is 14.1. The van der Waals surface area contributed by atoms with Crippen molar-refractivity contribution in [3.63, 3.8) is 0 Å². The second kappa shape index (κ2) is 6.90. The van der Waals surface area contributed by atoms with Crippen molar-refractivity contribution in [1.29, 1.82) is 0 Å². The van der Waals surface area contributed by atoms with Crippen LogP contribution in [0.1, 0.15) is 10.4 Å². The summed E-state index contributed by atoms with van der Waals surface area (Å²) in [7, 11) is 1.82. The number of nitrogens with zero attached hydrogens (tertiary/aromatic N) is 3. The van der Waals surface area contributed by atoms with Gasteiger partial charge in [-0.25, -0.2) is 4.98 Å². The van der Waals surface area contributed by atoms with Crippen LogP contribution in [-0.2, 0) is 7.05 Å². The Labute approximate surface area is 148 Å². The van der Waals surface area contributed by atoms with Crippen LogP contribution < -0.4 is 10.6 Å². The molecule has 8 heteroatoms. The molecule has 6 nitrogen and oxygen atoms in total. The predicted octanol–water partition coefficient (Wildman–Crippen LogP) is 4.12. The Morgan fingerprint density at radius 3 is 2.54 bits per heavy atom. The summed E-state index contributed by atoms with van der Waals surface area (Å²) in [6.45, 7) is 0. The molecule has 0 bridgehead atoms. The van der Waals surface area contributed by atoms with Crippen molar-refractivity contribution in [2.24, 2.45) is 7.05 Å². The third kappa shape index (κ3) is 3.67. The lowest BCUT2D eigenvalue weighted by molar-refractivity contribution is 0.102. The molecule has 122 valence electrons. The monoisotopic (exact) mass is 361 g/mol. The average molecular weight is 362 g/mol. The number of rotatable bonds is 4. The summed E-state index contributed by atoms with van der Waals surface area (Å²) in [4.78, 5) is 16.6. The smallest absolute Gasteiger partial charge is 0.258 e. The number of carbonyl (C=O) groups is 1. The first-order chi connectivity index (χ1) is 11.5. The lowest BCUT2D eigenvalue weighted by Gasteiger charge is -2.09. The van der Waals surface area contributed by atoms with Gasteiger partial charge in [0, 0.05) is 37.3 Å². The highest BCUT2D eigenvalue weighted by atomic mass is 35.5. The van der Waals surface area contributed by atoms with Crippen molar-refractivity contribution >= 4 is 46.4 Å². The fourth-order valence-electron chi connectivity index (χ4n) is 2.10. The van der Waals surface area contributed by atoms with Gasteiger partial charge < -0.3 is 10.6 Å². The van der Waals surface area contributed by atoms with E-state index in [9.17, 15) is 4.79 Å². The van der Waals surface area contributed by atoms with Crippen LogP contribution in [0.3, 0.4) is 0 Å². The van der Waals surface area contributed by atoms with Crippen molar-refractivity contribution in [3.8, 4) is 0 Å². The van der Waals surface area contributed by atoms with E-state index in [1.807, 2.05) is 19.3 Å². The van der Waals surface area contributed by atoms with Gasteiger partial charge in [-0.05, 0) is 18.2 Å². The van der Waals surface area contributed by atoms with Crippen molar-refractivity contribution in [2.75, 3.05) is 10.6 Å². The lowest BCUT2D eigenvalue weighted by Crippen LogP contribution is -2.13. The molecule has 1 aromatic carbocycles. The van der Waals surface area contributed by atoms with Gasteiger partial charge in [0.05, 0.1) is 15.6 Å². The van der Waals surface area contributed by atoms with Gasteiger partial charge in [-0.1, -0.05) is 29.3 Å². The summed E-state index contributed by atoms with van der Waals surface area (Å²) in [6, 6.07) is 10.1. The Morgan fingerprint density at radius 1 is 1.12 bits per heavy atom. The number of nitrogens with one attached hydrogen (secondary N) is 2. The molecular formula is C16H13Cl2N5O. The van der Waals surface area contributed by atoms with E-state index in [-0.39, 0.29) is 11.5 Å². The van der Waals surface area contributed by atoms with Crippen LogP contribution in [-0.4, -0.2) is 20.7 Å². The SMILES string of the molecule is Cn1ccc(Nc2cc(NC(=O)c3c(Cl)cccc3Cl)ccn2)n1. The molecule has 0 aliphatic heterocycles. The number of pyridine rings is 1. The minimum Gasteiger partial charge on any atom is -0.323 e. The standard InChI is InChI=1S/C16H13Cl2N5O/c1-23-8-6-13(22-23)21-14-9-10(5-7-19-14)20-16(24)15-11(17)3-2-4-12(15)18/h2-9H,1H3,(H2,19,20,21,22,24). The highest BCUT2D eigenvalue weighted by Crippen LogP contribution is 2.25. The molecule has 0 fully saturated rings. The predicted molar refractivity (Wildman–Crippen MR) is 95.1 cm³/mol. The van der Waals surface area contributed by atoms with E-state index in [0.717, 1.165) is 0 Å². The Hall–Kier alpha value is -2.57. The van der Waals surface area contributed by atoms with Gasteiger partial charge >= 0.3 is 0 Å². The van der Waals surface area contributed by atoms with E-state index >= 15 is 0 Å². The minimum absolute atomic E-state index is 0.233. The first-order valence-electron chi connectivity index (χ1n) is 7.01. The fraction of sp³-hybridized carbons (Fsp3) is 0.0625. The molecule has 1 amide bonds. The molecule has 2 aromatic heterocycles. The van der Waals surface area contributed by atoms with Gasteiger partial charge in [0.2, 0.25) is 0 Å². The highest BCUT2D eigenvalue weighted by molar-refractivity contribution is 6.40. The largest absolute Gasteiger partial charge is 0.323 e. The van der Waals surface area contributed by atoms with Crippen LogP contribution in [0.5, 0.6) is 0 Å². The van der Waals surface area contributed by atoms with E-state index in [0.29, 0.717) is 27.4 Å². The quantitative estimate of drug-likeness (QED) is 0.733. The topological polar surface area (TPSA) is 71.8 Å². The number of aromatic nitrogens is 3. The third-order valence-electron chi connectivity index (χ3n) is 3.18. The first-order valence-corrected chi connectivity index (χ1v) is 7.76. The number of amides is 1. The second-order valence-electron chi connectivity index (χ2n) is 4.98. The molecule has 2 N–H and O–H groups in total. The van der Waals surface area contributed by atoms with E-state index in [2.05, 4.69) is 20.7 Å². The summed E-state index contributed by atoms with van der Waals surface area (Å²) in [5, 5.41) is 10.6. The van der Waals surface area contributed by atoms with Crippen LogP contribution in [0, 0.1) is 0 Å². The molecule has 0 radical (unpaired) electrons. The van der Waals surface area contributed by atoms with Crippen LogP contribution in [0.15, 0.2) is 48.8 Å². The van der Waals surface area contributed by atoms with Crippen molar-refractivity contribution in [1.82, 2.24) is 14.8 Å². The zero-order valence-electron chi connectivity index (χ0n) is 12.6. The lowest BCUT2D eigenvalue weighted by atomic mass is 10.2. The maximum Gasteiger partial charge on any atom is 0.258 e. The number of hydrogen-bond donors (Lipinski definition) is 2. The Bertz CT molecular complexity index is 873. The third-order valence-corrected chi connectivity index (χ3v) is 3.81. The molecule has 2 heterocycles. The van der Waals surface area contributed by atoms with E-state index in [4.69, 9.17) is 23.2 Å². The fourth-order valence-corrected chi connectivity index (χ4v) is 2.67. The number of aryl methyl sites for hydroxylation is 1.